The van der Waals surface area contributed by atoms with E-state index in [-0.39, 0.29) is 12.2 Å². The van der Waals surface area contributed by atoms with E-state index in [9.17, 15) is 4.79 Å². The smallest absolute Gasteiger partial charge is 0.170 e. The summed E-state index contributed by atoms with van der Waals surface area (Å²) in [5, 5.41) is 1.06. The van der Waals surface area contributed by atoms with Crippen molar-refractivity contribution in [2.45, 2.75) is 13.3 Å². The molecule has 2 aromatic carbocycles. The van der Waals surface area contributed by atoms with Gasteiger partial charge in [0.2, 0.25) is 0 Å². The lowest BCUT2D eigenvalue weighted by Crippen LogP contribution is -2.04. The predicted octanol–water partition coefficient (Wildman–Crippen LogP) is 3.75. The van der Waals surface area contributed by atoms with Crippen LogP contribution in [0.15, 0.2) is 52.9 Å². The van der Waals surface area contributed by atoms with E-state index in [1.165, 1.54) is 0 Å². The van der Waals surface area contributed by atoms with Crippen LogP contribution in [0.4, 0.5) is 5.69 Å². The van der Waals surface area contributed by atoms with Crippen molar-refractivity contribution < 1.29 is 9.21 Å². The van der Waals surface area contributed by atoms with Crippen LogP contribution in [0.25, 0.3) is 11.0 Å². The molecule has 20 heavy (non-hydrogen) atoms. The van der Waals surface area contributed by atoms with Gasteiger partial charge in [-0.2, -0.15) is 0 Å². The number of hydrogen-bond donors (Lipinski definition) is 1. The molecule has 0 amide bonds. The van der Waals surface area contributed by atoms with Crippen LogP contribution in [0, 0.1) is 6.92 Å². The Balaban J connectivity index is 1.93. The van der Waals surface area contributed by atoms with Crippen LogP contribution in [0.5, 0.6) is 0 Å². The molecule has 1 heterocycles. The molecule has 3 nitrogen and oxygen atoms in total. The number of Topliss-reactive ketones (excluding diaryl/α,β-unsaturated/α-hetero) is 1. The average Bonchev–Trinajstić information content (AvgIpc) is 2.76. The predicted molar refractivity (Wildman–Crippen MR) is 79.8 cm³/mol. The minimum atomic E-state index is 0.0134. The molecule has 0 aliphatic rings. The summed E-state index contributed by atoms with van der Waals surface area (Å²) in [5.74, 6) is 0.734. The van der Waals surface area contributed by atoms with Crippen molar-refractivity contribution in [2.75, 3.05) is 5.73 Å². The van der Waals surface area contributed by atoms with E-state index in [4.69, 9.17) is 10.2 Å². The van der Waals surface area contributed by atoms with Gasteiger partial charge in [0.15, 0.2) is 5.78 Å². The molecular weight excluding hydrogens is 250 g/mol. The van der Waals surface area contributed by atoms with Crippen LogP contribution >= 0.6 is 0 Å². The van der Waals surface area contributed by atoms with Crippen LogP contribution < -0.4 is 5.73 Å². The molecule has 0 unspecified atom stereocenters. The average molecular weight is 265 g/mol. The van der Waals surface area contributed by atoms with Crippen LogP contribution in [0.1, 0.15) is 21.7 Å². The van der Waals surface area contributed by atoms with Gasteiger partial charge in [-0.15, -0.1) is 0 Å². The summed E-state index contributed by atoms with van der Waals surface area (Å²) >= 11 is 0. The molecule has 100 valence electrons. The molecule has 0 saturated carbocycles. The summed E-state index contributed by atoms with van der Waals surface area (Å²) in [7, 11) is 0. The van der Waals surface area contributed by atoms with Crippen molar-refractivity contribution in [1.82, 2.24) is 0 Å². The second-order valence-corrected chi connectivity index (χ2v) is 4.87. The highest BCUT2D eigenvalue weighted by atomic mass is 16.3. The summed E-state index contributed by atoms with van der Waals surface area (Å²) < 4.78 is 5.77. The first-order chi connectivity index (χ1) is 9.65. The number of furan rings is 1. The standard InChI is InChI=1S/C17H15NO2/c1-11-14-7-2-3-8-16(14)20-17(11)10-15(19)12-5-4-6-13(18)9-12/h2-9H,10,18H2,1H3. The summed E-state index contributed by atoms with van der Waals surface area (Å²) in [6, 6.07) is 14.8. The highest BCUT2D eigenvalue weighted by molar-refractivity contribution is 5.98. The van der Waals surface area contributed by atoms with Crippen molar-refractivity contribution in [1.29, 1.82) is 0 Å². The molecule has 0 fully saturated rings. The Labute approximate surface area is 117 Å². The van der Waals surface area contributed by atoms with Crippen molar-refractivity contribution in [3.8, 4) is 0 Å². The molecular formula is C17H15NO2. The minimum Gasteiger partial charge on any atom is -0.460 e. The molecule has 0 saturated heterocycles. The molecule has 0 aliphatic heterocycles. The zero-order valence-corrected chi connectivity index (χ0v) is 11.2. The summed E-state index contributed by atoms with van der Waals surface area (Å²) in [6.45, 7) is 1.98. The Morgan fingerprint density at radius 2 is 1.95 bits per heavy atom. The molecule has 2 N–H and O–H groups in total. The molecule has 3 aromatic rings. The number of ketones is 1. The second-order valence-electron chi connectivity index (χ2n) is 4.87. The maximum absolute atomic E-state index is 12.3. The van der Waals surface area contributed by atoms with Gasteiger partial charge in [-0.05, 0) is 30.7 Å². The number of hydrogen-bond acceptors (Lipinski definition) is 3. The number of aryl methyl sites for hydroxylation is 1. The lowest BCUT2D eigenvalue weighted by Gasteiger charge is -2.01. The van der Waals surface area contributed by atoms with Crippen LogP contribution in [0.2, 0.25) is 0 Å². The zero-order valence-electron chi connectivity index (χ0n) is 11.2. The fourth-order valence-corrected chi connectivity index (χ4v) is 2.35. The third-order valence-corrected chi connectivity index (χ3v) is 3.47. The Bertz CT molecular complexity index is 787. The summed E-state index contributed by atoms with van der Waals surface area (Å²) in [6.07, 6.45) is 0.254. The molecule has 1 aromatic heterocycles. The number of carbonyl (C=O) groups is 1. The van der Waals surface area contributed by atoms with Crippen LogP contribution in [-0.2, 0) is 6.42 Å². The summed E-state index contributed by atoms with van der Waals surface area (Å²) in [5.41, 5.74) is 8.76. The van der Waals surface area contributed by atoms with Gasteiger partial charge in [-0.25, -0.2) is 0 Å². The van der Waals surface area contributed by atoms with Gasteiger partial charge in [-0.3, -0.25) is 4.79 Å². The van der Waals surface area contributed by atoms with Crippen molar-refractivity contribution >= 4 is 22.4 Å². The normalized spacial score (nSPS) is 10.8. The molecule has 0 atom stereocenters. The molecule has 3 rings (SSSR count). The first-order valence-corrected chi connectivity index (χ1v) is 6.51. The molecule has 3 heteroatoms. The number of para-hydroxylation sites is 1. The van der Waals surface area contributed by atoms with Crippen LogP contribution in [-0.4, -0.2) is 5.78 Å². The largest absolute Gasteiger partial charge is 0.460 e. The topological polar surface area (TPSA) is 56.2 Å². The number of carbonyl (C=O) groups excluding carboxylic acids is 1. The van der Waals surface area contributed by atoms with Gasteiger partial charge in [0, 0.05) is 16.6 Å². The number of nitrogens with two attached hydrogens (primary N) is 1. The Morgan fingerprint density at radius 3 is 2.70 bits per heavy atom. The maximum Gasteiger partial charge on any atom is 0.170 e. The fraction of sp³-hybridized carbons (Fsp3) is 0.118. The number of fused-ring (bicyclic) bond motifs is 1. The van der Waals surface area contributed by atoms with Crippen molar-refractivity contribution in [2.24, 2.45) is 0 Å². The van der Waals surface area contributed by atoms with E-state index < -0.39 is 0 Å². The van der Waals surface area contributed by atoms with E-state index in [1.807, 2.05) is 31.2 Å². The van der Waals surface area contributed by atoms with Crippen LogP contribution in [0.3, 0.4) is 0 Å². The van der Waals surface area contributed by atoms with Gasteiger partial charge in [0.25, 0.3) is 0 Å². The Morgan fingerprint density at radius 1 is 1.15 bits per heavy atom. The number of anilines is 1. The third kappa shape index (κ3) is 2.18. The number of nitrogen functional groups attached to an aromatic ring is 1. The number of rotatable bonds is 3. The first kappa shape index (κ1) is 12.5. The van der Waals surface area contributed by atoms with Gasteiger partial charge in [0.05, 0.1) is 6.42 Å². The molecule has 0 spiro atoms. The highest BCUT2D eigenvalue weighted by Crippen LogP contribution is 2.26. The lowest BCUT2D eigenvalue weighted by atomic mass is 10.0. The monoisotopic (exact) mass is 265 g/mol. The van der Waals surface area contributed by atoms with Gasteiger partial charge < -0.3 is 10.2 Å². The Hall–Kier alpha value is -2.55. The third-order valence-electron chi connectivity index (χ3n) is 3.47. The quantitative estimate of drug-likeness (QED) is 0.579. The summed E-state index contributed by atoms with van der Waals surface area (Å²) in [4.78, 5) is 12.3. The lowest BCUT2D eigenvalue weighted by molar-refractivity contribution is 0.0987. The van der Waals surface area contributed by atoms with E-state index in [0.29, 0.717) is 11.3 Å². The highest BCUT2D eigenvalue weighted by Gasteiger charge is 2.15. The second kappa shape index (κ2) is 4.85. The molecule has 0 radical (unpaired) electrons. The Kier molecular flexibility index (Phi) is 3.03. The van der Waals surface area contributed by atoms with E-state index >= 15 is 0 Å². The van der Waals surface area contributed by atoms with Crippen molar-refractivity contribution in [3.05, 3.63) is 65.4 Å². The van der Waals surface area contributed by atoms with E-state index in [2.05, 4.69) is 0 Å². The van der Waals surface area contributed by atoms with Crippen molar-refractivity contribution in [3.63, 3.8) is 0 Å². The number of benzene rings is 2. The zero-order chi connectivity index (χ0) is 14.1. The molecule has 0 aliphatic carbocycles. The molecule has 0 bridgehead atoms. The maximum atomic E-state index is 12.3. The van der Waals surface area contributed by atoms with Gasteiger partial charge in [0.1, 0.15) is 11.3 Å². The fourth-order valence-electron chi connectivity index (χ4n) is 2.35. The SMILES string of the molecule is Cc1c(CC(=O)c2cccc(N)c2)oc2ccccc12. The first-order valence-electron chi connectivity index (χ1n) is 6.51. The van der Waals surface area contributed by atoms with Gasteiger partial charge in [-0.1, -0.05) is 30.3 Å². The van der Waals surface area contributed by atoms with E-state index in [1.54, 1.807) is 24.3 Å². The van der Waals surface area contributed by atoms with Gasteiger partial charge >= 0.3 is 0 Å². The van der Waals surface area contributed by atoms with E-state index in [0.717, 1.165) is 22.3 Å². The minimum absolute atomic E-state index is 0.0134.